The number of nitrogens with zero attached hydrogens (tertiary/aromatic N) is 1. The Labute approximate surface area is 140 Å². The highest BCUT2D eigenvalue weighted by atomic mass is 79.9. The van der Waals surface area contributed by atoms with Crippen LogP contribution in [0.2, 0.25) is 0 Å². The lowest BCUT2D eigenvalue weighted by Gasteiger charge is -2.06. The summed E-state index contributed by atoms with van der Waals surface area (Å²) in [5, 5.41) is 3.54. The molecular formula is C15H13BrN2O3S. The summed E-state index contributed by atoms with van der Waals surface area (Å²) in [7, 11) is 1.32. The predicted molar refractivity (Wildman–Crippen MR) is 89.1 cm³/mol. The third-order valence-corrected chi connectivity index (χ3v) is 4.05. The highest BCUT2D eigenvalue weighted by Crippen LogP contribution is 2.18. The van der Waals surface area contributed by atoms with Crippen molar-refractivity contribution in [3.05, 3.63) is 52.6 Å². The minimum absolute atomic E-state index is 0.138. The van der Waals surface area contributed by atoms with Crippen molar-refractivity contribution in [2.75, 3.05) is 18.2 Å². The summed E-state index contributed by atoms with van der Waals surface area (Å²) in [5.74, 6) is -0.289. The van der Waals surface area contributed by atoms with Crippen LogP contribution in [-0.2, 0) is 9.53 Å². The molecule has 0 radical (unpaired) electrons. The van der Waals surface area contributed by atoms with Crippen molar-refractivity contribution in [1.29, 1.82) is 0 Å². The van der Waals surface area contributed by atoms with Crippen LogP contribution >= 0.6 is 27.7 Å². The number of hydrogen-bond acceptors (Lipinski definition) is 5. The highest BCUT2D eigenvalue weighted by Gasteiger charge is 2.07. The number of benzene rings is 1. The fourth-order valence-electron chi connectivity index (χ4n) is 1.59. The van der Waals surface area contributed by atoms with Gasteiger partial charge in [-0.3, -0.25) is 4.79 Å². The molecule has 0 aliphatic heterocycles. The molecule has 5 nitrogen and oxygen atoms in total. The average Bonchev–Trinajstić information content (AvgIpc) is 2.54. The van der Waals surface area contributed by atoms with Crippen LogP contribution in [0, 0.1) is 0 Å². The first kappa shape index (κ1) is 16.5. The second-order valence-corrected chi connectivity index (χ2v) is 6.13. The van der Waals surface area contributed by atoms with Crippen LogP contribution in [0.25, 0.3) is 0 Å². The molecule has 2 aromatic rings. The molecule has 0 saturated carbocycles. The molecule has 0 saturated heterocycles. The lowest BCUT2D eigenvalue weighted by Crippen LogP contribution is -2.14. The van der Waals surface area contributed by atoms with Gasteiger partial charge in [0.05, 0.1) is 23.5 Å². The van der Waals surface area contributed by atoms with E-state index in [1.54, 1.807) is 30.5 Å². The lowest BCUT2D eigenvalue weighted by molar-refractivity contribution is -0.113. The molecule has 1 N–H and O–H groups in total. The molecule has 1 aromatic heterocycles. The Balaban J connectivity index is 1.86. The standard InChI is InChI=1S/C15H13BrN2O3S/c1-21-15(20)10-2-5-12(6-3-10)18-13(19)9-22-14-7-4-11(16)8-17-14/h2-8H,9H2,1H3,(H,18,19). The number of ether oxygens (including phenoxy) is 1. The van der Waals surface area contributed by atoms with Crippen LogP contribution < -0.4 is 5.32 Å². The van der Waals surface area contributed by atoms with Gasteiger partial charge in [-0.25, -0.2) is 9.78 Å². The van der Waals surface area contributed by atoms with Crippen molar-refractivity contribution in [3.8, 4) is 0 Å². The number of anilines is 1. The second-order valence-electron chi connectivity index (χ2n) is 4.22. The summed E-state index contributed by atoms with van der Waals surface area (Å²) < 4.78 is 5.51. The van der Waals surface area contributed by atoms with Gasteiger partial charge in [-0.05, 0) is 52.3 Å². The molecule has 22 heavy (non-hydrogen) atoms. The summed E-state index contributed by atoms with van der Waals surface area (Å²) >= 11 is 4.66. The van der Waals surface area contributed by atoms with Crippen LogP contribution in [0.15, 0.2) is 52.1 Å². The molecule has 7 heteroatoms. The number of aromatic nitrogens is 1. The van der Waals surface area contributed by atoms with E-state index in [2.05, 4.69) is 31.0 Å². The maximum atomic E-state index is 11.9. The van der Waals surface area contributed by atoms with Crippen molar-refractivity contribution in [3.63, 3.8) is 0 Å². The summed E-state index contributed by atoms with van der Waals surface area (Å²) in [6.45, 7) is 0. The van der Waals surface area contributed by atoms with E-state index in [-0.39, 0.29) is 11.7 Å². The van der Waals surface area contributed by atoms with Gasteiger partial charge in [-0.2, -0.15) is 0 Å². The summed E-state index contributed by atoms with van der Waals surface area (Å²) in [4.78, 5) is 27.4. The number of pyridine rings is 1. The minimum atomic E-state index is -0.408. The van der Waals surface area contributed by atoms with Crippen LogP contribution in [0.5, 0.6) is 0 Å². The Kier molecular flexibility index (Phi) is 5.97. The maximum absolute atomic E-state index is 11.9. The topological polar surface area (TPSA) is 68.3 Å². The largest absolute Gasteiger partial charge is 0.465 e. The first-order chi connectivity index (χ1) is 10.6. The number of methoxy groups -OCH3 is 1. The molecule has 0 unspecified atom stereocenters. The number of nitrogens with one attached hydrogen (secondary N) is 1. The number of carbonyl (C=O) groups excluding carboxylic acids is 2. The Hall–Kier alpha value is -1.86. The van der Waals surface area contributed by atoms with Gasteiger partial charge < -0.3 is 10.1 Å². The van der Waals surface area contributed by atoms with Crippen molar-refractivity contribution < 1.29 is 14.3 Å². The van der Waals surface area contributed by atoms with E-state index in [9.17, 15) is 9.59 Å². The van der Waals surface area contributed by atoms with Crippen LogP contribution in [-0.4, -0.2) is 29.7 Å². The number of halogens is 1. The number of esters is 1. The molecule has 0 bridgehead atoms. The van der Waals surface area contributed by atoms with E-state index in [1.165, 1.54) is 18.9 Å². The zero-order valence-electron chi connectivity index (χ0n) is 11.7. The van der Waals surface area contributed by atoms with E-state index in [0.717, 1.165) is 9.50 Å². The van der Waals surface area contributed by atoms with E-state index in [1.807, 2.05) is 12.1 Å². The van der Waals surface area contributed by atoms with Gasteiger partial charge in [0.1, 0.15) is 0 Å². The fraction of sp³-hybridized carbons (Fsp3) is 0.133. The number of hydrogen-bond donors (Lipinski definition) is 1. The number of amides is 1. The molecule has 1 aromatic carbocycles. The molecule has 0 aliphatic carbocycles. The predicted octanol–water partition coefficient (Wildman–Crippen LogP) is 3.36. The molecule has 1 heterocycles. The van der Waals surface area contributed by atoms with Crippen LogP contribution in [0.3, 0.4) is 0 Å². The molecule has 0 atom stereocenters. The minimum Gasteiger partial charge on any atom is -0.465 e. The van der Waals surface area contributed by atoms with Crippen molar-refractivity contribution in [2.24, 2.45) is 0 Å². The first-order valence-electron chi connectivity index (χ1n) is 6.31. The van der Waals surface area contributed by atoms with E-state index in [4.69, 9.17) is 0 Å². The monoisotopic (exact) mass is 380 g/mol. The normalized spacial score (nSPS) is 10.1. The molecule has 1 amide bonds. The van der Waals surface area contributed by atoms with Crippen LogP contribution in [0.4, 0.5) is 5.69 Å². The number of carbonyl (C=O) groups is 2. The van der Waals surface area contributed by atoms with E-state index in [0.29, 0.717) is 11.3 Å². The molecular weight excluding hydrogens is 368 g/mol. The molecule has 114 valence electrons. The number of thioether (sulfide) groups is 1. The van der Waals surface area contributed by atoms with Gasteiger partial charge in [0.2, 0.25) is 5.91 Å². The summed E-state index contributed by atoms with van der Waals surface area (Å²) in [5.41, 5.74) is 1.07. The Morgan fingerprint density at radius 3 is 2.55 bits per heavy atom. The zero-order chi connectivity index (χ0) is 15.9. The zero-order valence-corrected chi connectivity index (χ0v) is 14.1. The van der Waals surface area contributed by atoms with Gasteiger partial charge in [-0.15, -0.1) is 0 Å². The molecule has 0 fully saturated rings. The molecule has 2 rings (SSSR count). The van der Waals surface area contributed by atoms with E-state index < -0.39 is 5.97 Å². The summed E-state index contributed by atoms with van der Waals surface area (Å²) in [6, 6.07) is 10.2. The van der Waals surface area contributed by atoms with Gasteiger partial charge in [-0.1, -0.05) is 11.8 Å². The van der Waals surface area contributed by atoms with Gasteiger partial charge >= 0.3 is 5.97 Å². The Morgan fingerprint density at radius 1 is 1.23 bits per heavy atom. The van der Waals surface area contributed by atoms with Crippen molar-refractivity contribution in [2.45, 2.75) is 5.03 Å². The third kappa shape index (κ3) is 4.85. The smallest absolute Gasteiger partial charge is 0.337 e. The van der Waals surface area contributed by atoms with Crippen molar-refractivity contribution >= 4 is 45.3 Å². The van der Waals surface area contributed by atoms with Crippen LogP contribution in [0.1, 0.15) is 10.4 Å². The first-order valence-corrected chi connectivity index (χ1v) is 8.09. The van der Waals surface area contributed by atoms with Gasteiger partial charge in [0, 0.05) is 16.4 Å². The maximum Gasteiger partial charge on any atom is 0.337 e. The molecule has 0 aliphatic rings. The SMILES string of the molecule is COC(=O)c1ccc(NC(=O)CSc2ccc(Br)cn2)cc1. The quantitative estimate of drug-likeness (QED) is 0.636. The third-order valence-electron chi connectivity index (χ3n) is 2.64. The second kappa shape index (κ2) is 7.95. The lowest BCUT2D eigenvalue weighted by atomic mass is 10.2. The summed E-state index contributed by atoms with van der Waals surface area (Å²) in [6.07, 6.45) is 1.69. The van der Waals surface area contributed by atoms with Gasteiger partial charge in [0.15, 0.2) is 0 Å². The Bertz CT molecular complexity index is 659. The van der Waals surface area contributed by atoms with Gasteiger partial charge in [0.25, 0.3) is 0 Å². The Morgan fingerprint density at radius 2 is 1.95 bits per heavy atom. The van der Waals surface area contributed by atoms with E-state index >= 15 is 0 Å². The fourth-order valence-corrected chi connectivity index (χ4v) is 2.47. The average molecular weight is 381 g/mol. The highest BCUT2D eigenvalue weighted by molar-refractivity contribution is 9.10. The number of rotatable bonds is 5. The molecule has 0 spiro atoms. The van der Waals surface area contributed by atoms with Crippen molar-refractivity contribution in [1.82, 2.24) is 4.98 Å².